The van der Waals surface area contributed by atoms with Gasteiger partial charge in [-0.05, 0) is 80.2 Å². The fourth-order valence-electron chi connectivity index (χ4n) is 5.36. The van der Waals surface area contributed by atoms with Gasteiger partial charge >= 0.3 is 0 Å². The summed E-state index contributed by atoms with van der Waals surface area (Å²) >= 11 is 1.98. The number of hydrogen-bond donors (Lipinski definition) is 0. The molecule has 1 nitrogen and oxygen atoms in total. The summed E-state index contributed by atoms with van der Waals surface area (Å²) in [6.07, 6.45) is 8.08. The minimum absolute atomic E-state index is 0.593. The molecule has 1 aromatic rings. The van der Waals surface area contributed by atoms with Gasteiger partial charge in [-0.3, -0.25) is 0 Å². The van der Waals surface area contributed by atoms with Crippen molar-refractivity contribution in [2.75, 3.05) is 0 Å². The van der Waals surface area contributed by atoms with Crippen LogP contribution in [0.5, 0.6) is 0 Å². The highest BCUT2D eigenvalue weighted by Gasteiger charge is 2.48. The molecule has 1 aromatic heterocycles. The molecule has 100 valence electrons. The van der Waals surface area contributed by atoms with Crippen LogP contribution in [-0.2, 0) is 6.42 Å². The standard InChI is InChI=1S/C17H21NS/c1-10-13(2-3-18)9-16(19-10)17-14-5-11-4-12(7-14)8-15(17)6-11/h9,11-12,14-15,17H,2,4-8H2,1H3. The largest absolute Gasteiger partial charge is 0.198 e. The van der Waals surface area contributed by atoms with E-state index in [-0.39, 0.29) is 0 Å². The number of nitrogens with zero attached hydrogens (tertiary/aromatic N) is 1. The van der Waals surface area contributed by atoms with Crippen LogP contribution in [-0.4, -0.2) is 0 Å². The Hall–Kier alpha value is -0.810. The van der Waals surface area contributed by atoms with E-state index in [1.807, 2.05) is 11.3 Å². The molecular formula is C17H21NS. The molecule has 4 aliphatic rings. The third-order valence-corrected chi connectivity index (χ3v) is 7.06. The van der Waals surface area contributed by atoms with Gasteiger partial charge in [0.2, 0.25) is 0 Å². The molecule has 4 aliphatic carbocycles. The maximum absolute atomic E-state index is 8.92. The molecule has 0 unspecified atom stereocenters. The molecule has 4 saturated carbocycles. The molecular weight excluding hydrogens is 250 g/mol. The summed E-state index contributed by atoms with van der Waals surface area (Å²) in [5.74, 6) is 4.87. The Balaban J connectivity index is 1.65. The molecule has 2 heteroatoms. The summed E-state index contributed by atoms with van der Waals surface area (Å²) in [5, 5.41) is 8.92. The smallest absolute Gasteiger partial charge is 0.0670 e. The van der Waals surface area contributed by atoms with E-state index in [4.69, 9.17) is 5.26 Å². The van der Waals surface area contributed by atoms with Crippen LogP contribution in [0.4, 0.5) is 0 Å². The fraction of sp³-hybridized carbons (Fsp3) is 0.706. The van der Waals surface area contributed by atoms with Gasteiger partial charge in [0.15, 0.2) is 0 Å². The molecule has 0 radical (unpaired) electrons. The SMILES string of the molecule is Cc1sc(C2C3CC4CC(C3)CC2C4)cc1CC#N. The van der Waals surface area contributed by atoms with Crippen molar-refractivity contribution in [2.45, 2.75) is 51.4 Å². The van der Waals surface area contributed by atoms with Gasteiger partial charge in [0, 0.05) is 9.75 Å². The van der Waals surface area contributed by atoms with Crippen LogP contribution in [0.15, 0.2) is 6.07 Å². The second-order valence-electron chi connectivity index (χ2n) is 7.02. The molecule has 19 heavy (non-hydrogen) atoms. The molecule has 4 fully saturated rings. The average molecular weight is 271 g/mol. The molecule has 0 aromatic carbocycles. The van der Waals surface area contributed by atoms with E-state index in [0.29, 0.717) is 6.42 Å². The van der Waals surface area contributed by atoms with Crippen molar-refractivity contribution in [1.29, 1.82) is 5.26 Å². The van der Waals surface area contributed by atoms with Crippen molar-refractivity contribution in [3.63, 3.8) is 0 Å². The quantitative estimate of drug-likeness (QED) is 0.767. The molecule has 0 aliphatic heterocycles. The van der Waals surface area contributed by atoms with Gasteiger partial charge in [0.05, 0.1) is 12.5 Å². The van der Waals surface area contributed by atoms with Gasteiger partial charge in [0.25, 0.3) is 0 Å². The van der Waals surface area contributed by atoms with Crippen LogP contribution < -0.4 is 0 Å². The summed E-state index contributed by atoms with van der Waals surface area (Å²) < 4.78 is 0. The molecule has 0 atom stereocenters. The minimum atomic E-state index is 0.593. The predicted octanol–water partition coefficient (Wildman–Crippen LogP) is 4.66. The van der Waals surface area contributed by atoms with Crippen LogP contribution in [0.2, 0.25) is 0 Å². The van der Waals surface area contributed by atoms with E-state index < -0.39 is 0 Å². The van der Waals surface area contributed by atoms with Crippen LogP contribution in [0.1, 0.15) is 53.3 Å². The van der Waals surface area contributed by atoms with Crippen LogP contribution in [0.25, 0.3) is 0 Å². The summed E-state index contributed by atoms with van der Waals surface area (Å²) in [7, 11) is 0. The lowest BCUT2D eigenvalue weighted by atomic mass is 9.51. The van der Waals surface area contributed by atoms with Crippen molar-refractivity contribution < 1.29 is 0 Å². The molecule has 0 amide bonds. The third-order valence-electron chi connectivity index (χ3n) is 5.86. The molecule has 0 spiro atoms. The fourth-order valence-corrected chi connectivity index (χ4v) is 6.70. The zero-order valence-electron chi connectivity index (χ0n) is 11.6. The van der Waals surface area contributed by atoms with Gasteiger partial charge in [0.1, 0.15) is 0 Å². The third kappa shape index (κ3) is 1.86. The Morgan fingerprint density at radius 1 is 1.16 bits per heavy atom. The molecule has 1 heterocycles. The zero-order valence-corrected chi connectivity index (χ0v) is 12.4. The molecule has 0 saturated heterocycles. The first-order chi connectivity index (χ1) is 9.24. The Kier molecular flexibility index (Phi) is 2.74. The Bertz CT molecular complexity index is 508. The number of nitriles is 1. The van der Waals surface area contributed by atoms with Crippen molar-refractivity contribution in [2.24, 2.45) is 23.7 Å². The monoisotopic (exact) mass is 271 g/mol. The van der Waals surface area contributed by atoms with Crippen LogP contribution in [0, 0.1) is 41.9 Å². The Morgan fingerprint density at radius 3 is 2.37 bits per heavy atom. The number of thiophene rings is 1. The Labute approximate surface area is 119 Å². The van der Waals surface area contributed by atoms with Gasteiger partial charge in [-0.25, -0.2) is 0 Å². The summed E-state index contributed by atoms with van der Waals surface area (Å²) in [6, 6.07) is 4.68. The van der Waals surface area contributed by atoms with Gasteiger partial charge < -0.3 is 0 Å². The van der Waals surface area contributed by atoms with E-state index in [1.54, 1.807) is 4.88 Å². The normalized spacial score (nSPS) is 39.5. The highest BCUT2D eigenvalue weighted by molar-refractivity contribution is 7.12. The average Bonchev–Trinajstić information content (AvgIpc) is 2.70. The van der Waals surface area contributed by atoms with Gasteiger partial charge in [-0.2, -0.15) is 5.26 Å². The van der Waals surface area contributed by atoms with E-state index in [2.05, 4.69) is 19.1 Å². The van der Waals surface area contributed by atoms with Crippen molar-refractivity contribution in [3.05, 3.63) is 21.4 Å². The van der Waals surface area contributed by atoms with Crippen molar-refractivity contribution in [1.82, 2.24) is 0 Å². The highest BCUT2D eigenvalue weighted by atomic mass is 32.1. The zero-order chi connectivity index (χ0) is 13.0. The van der Waals surface area contributed by atoms with E-state index >= 15 is 0 Å². The Morgan fingerprint density at radius 2 is 1.79 bits per heavy atom. The maximum Gasteiger partial charge on any atom is 0.0670 e. The lowest BCUT2D eigenvalue weighted by Crippen LogP contribution is -2.43. The summed E-state index contributed by atoms with van der Waals surface area (Å²) in [4.78, 5) is 2.99. The van der Waals surface area contributed by atoms with E-state index in [0.717, 1.165) is 29.6 Å². The lowest BCUT2D eigenvalue weighted by Gasteiger charge is -2.54. The van der Waals surface area contributed by atoms with Crippen molar-refractivity contribution in [3.8, 4) is 6.07 Å². The summed E-state index contributed by atoms with van der Waals surface area (Å²) in [6.45, 7) is 2.19. The van der Waals surface area contributed by atoms with Crippen LogP contribution >= 0.6 is 11.3 Å². The van der Waals surface area contributed by atoms with Gasteiger partial charge in [-0.15, -0.1) is 11.3 Å². The number of rotatable bonds is 2. The van der Waals surface area contributed by atoms with E-state index in [1.165, 1.54) is 42.5 Å². The lowest BCUT2D eigenvalue weighted by molar-refractivity contribution is -0.00161. The first-order valence-electron chi connectivity index (χ1n) is 7.70. The molecule has 4 bridgehead atoms. The summed E-state index contributed by atoms with van der Waals surface area (Å²) in [5.41, 5.74) is 1.29. The number of aryl methyl sites for hydroxylation is 1. The molecule has 0 N–H and O–H groups in total. The van der Waals surface area contributed by atoms with Crippen LogP contribution in [0.3, 0.4) is 0 Å². The molecule has 5 rings (SSSR count). The highest BCUT2D eigenvalue weighted by Crippen LogP contribution is 2.60. The van der Waals surface area contributed by atoms with Crippen molar-refractivity contribution >= 4 is 11.3 Å². The second-order valence-corrected chi connectivity index (χ2v) is 8.31. The van der Waals surface area contributed by atoms with Gasteiger partial charge in [-0.1, -0.05) is 0 Å². The number of hydrogen-bond acceptors (Lipinski definition) is 2. The topological polar surface area (TPSA) is 23.8 Å². The second kappa shape index (κ2) is 4.35. The van der Waals surface area contributed by atoms with E-state index in [9.17, 15) is 0 Å². The predicted molar refractivity (Wildman–Crippen MR) is 78.2 cm³/mol. The first-order valence-corrected chi connectivity index (χ1v) is 8.52. The maximum atomic E-state index is 8.92. The first kappa shape index (κ1) is 12.0. The minimum Gasteiger partial charge on any atom is -0.198 e.